The minimum atomic E-state index is -5.26. The van der Waals surface area contributed by atoms with Crippen LogP contribution in [-0.4, -0.2) is 96.4 Å². The summed E-state index contributed by atoms with van der Waals surface area (Å²) in [4.78, 5) is 102. The number of halogens is 6. The highest BCUT2D eigenvalue weighted by atomic mass is 19.4. The average Bonchev–Trinajstić information content (AvgIpc) is 3.00. The fraction of sp³-hybridized carbons (Fsp3) is 0.444. The molecule has 0 unspecified atom stereocenters. The highest BCUT2D eigenvalue weighted by molar-refractivity contribution is 6.08. The first kappa shape index (κ1) is 43.1. The van der Waals surface area contributed by atoms with Crippen LogP contribution in [0.1, 0.15) is 33.1 Å². The van der Waals surface area contributed by atoms with Crippen LogP contribution in [0.25, 0.3) is 0 Å². The van der Waals surface area contributed by atoms with Gasteiger partial charge in [-0.15, -0.1) is 0 Å². The number of aliphatic imine (C=N–C) groups is 1. The van der Waals surface area contributed by atoms with E-state index in [-0.39, 0.29) is 25.3 Å². The first-order valence-electron chi connectivity index (χ1n) is 14.4. The zero-order valence-corrected chi connectivity index (χ0v) is 26.6. The molecule has 1 fully saturated rings. The van der Waals surface area contributed by atoms with Crippen molar-refractivity contribution in [3.8, 4) is 0 Å². The van der Waals surface area contributed by atoms with Crippen molar-refractivity contribution in [2.45, 2.75) is 51.5 Å². The van der Waals surface area contributed by atoms with Gasteiger partial charge in [-0.2, -0.15) is 26.3 Å². The molecule has 24 heteroatoms. The van der Waals surface area contributed by atoms with Crippen LogP contribution in [-0.2, 0) is 38.4 Å². The molecule has 1 aliphatic rings. The molecule has 0 aromatic carbocycles. The molecule has 1 heterocycles. The summed E-state index contributed by atoms with van der Waals surface area (Å²) in [6.07, 6.45) is -8.95. The molecule has 0 aromatic rings. The van der Waals surface area contributed by atoms with Gasteiger partial charge in [-0.3, -0.25) is 43.9 Å². The van der Waals surface area contributed by atoms with E-state index in [0.717, 1.165) is 12.2 Å². The molecule has 0 bridgehead atoms. The Hall–Kier alpha value is -5.97. The fourth-order valence-electron chi connectivity index (χ4n) is 3.56. The number of carbonyl (C=O) groups excluding carboxylic acids is 7. The number of guanidine groups is 1. The summed E-state index contributed by atoms with van der Waals surface area (Å²) < 4.78 is 74.5. The van der Waals surface area contributed by atoms with Crippen LogP contribution >= 0.6 is 0 Å². The fourth-order valence-corrected chi connectivity index (χ4v) is 3.56. The molecule has 0 spiro atoms. The Morgan fingerprint density at radius 1 is 0.882 bits per heavy atom. The van der Waals surface area contributed by atoms with E-state index >= 15 is 0 Å². The van der Waals surface area contributed by atoms with E-state index in [1.165, 1.54) is 19.2 Å². The summed E-state index contributed by atoms with van der Waals surface area (Å²) in [6.45, 7) is 1.02. The lowest BCUT2D eigenvalue weighted by Gasteiger charge is -2.23. The van der Waals surface area contributed by atoms with Crippen molar-refractivity contribution in [1.82, 2.24) is 37.2 Å². The summed E-state index contributed by atoms with van der Waals surface area (Å²) in [7, 11) is 0. The Labute approximate surface area is 283 Å². The number of nitrogens with one attached hydrogen (secondary N) is 7. The number of nitrogens with zero attached hydrogens (tertiary/aromatic N) is 1. The third kappa shape index (κ3) is 15.9. The summed E-state index contributed by atoms with van der Waals surface area (Å²) in [5.74, 6) is -14.0. The number of carbonyl (C=O) groups is 8. The van der Waals surface area contributed by atoms with Crippen LogP contribution in [0.5, 0.6) is 0 Å². The van der Waals surface area contributed by atoms with Gasteiger partial charge in [0.15, 0.2) is 5.96 Å². The van der Waals surface area contributed by atoms with Crippen molar-refractivity contribution in [2.75, 3.05) is 19.6 Å². The normalized spacial score (nSPS) is 19.7. The van der Waals surface area contributed by atoms with Crippen molar-refractivity contribution >= 4 is 53.3 Å². The molecule has 0 radical (unpaired) electrons. The van der Waals surface area contributed by atoms with Gasteiger partial charge in [0.05, 0.1) is 12.6 Å². The van der Waals surface area contributed by atoms with Gasteiger partial charge in [-0.25, -0.2) is 4.79 Å². The largest absolute Gasteiger partial charge is 0.478 e. The lowest BCUT2D eigenvalue weighted by atomic mass is 10.0. The number of rotatable bonds is 9. The first-order valence-corrected chi connectivity index (χ1v) is 14.4. The maximum Gasteiger partial charge on any atom is 0.471 e. The SMILES string of the molecule is CC(C)[C@H]1NC(=O)/C(=C/CCCNC(=O)C(F)(F)F)NC(=O)/C(=C\C(=O)O)NC(=O)CNC(=O)/C(=C/CCN=C(N)NC(=O)C(F)(F)F)NC1=O. The predicted molar refractivity (Wildman–Crippen MR) is 160 cm³/mol. The van der Waals surface area contributed by atoms with Crippen molar-refractivity contribution in [2.24, 2.45) is 16.6 Å². The van der Waals surface area contributed by atoms with Crippen LogP contribution in [0.3, 0.4) is 0 Å². The number of carboxylic acids is 1. The van der Waals surface area contributed by atoms with E-state index in [9.17, 15) is 69.8 Å². The molecule has 51 heavy (non-hydrogen) atoms. The Balaban J connectivity index is 3.44. The summed E-state index contributed by atoms with van der Waals surface area (Å²) in [5.41, 5.74) is 3.08. The second-order valence-electron chi connectivity index (χ2n) is 10.4. The Morgan fingerprint density at radius 3 is 2.04 bits per heavy atom. The van der Waals surface area contributed by atoms with Gasteiger partial charge in [0.25, 0.3) is 17.7 Å². The topological polar surface area (TPSA) is 279 Å². The second kappa shape index (κ2) is 19.3. The Morgan fingerprint density at radius 2 is 1.47 bits per heavy atom. The van der Waals surface area contributed by atoms with Gasteiger partial charge in [-0.1, -0.05) is 26.0 Å². The van der Waals surface area contributed by atoms with E-state index in [4.69, 9.17) is 5.73 Å². The van der Waals surface area contributed by atoms with Crippen LogP contribution in [0.2, 0.25) is 0 Å². The second-order valence-corrected chi connectivity index (χ2v) is 10.4. The molecular weight excluding hydrogens is 708 g/mol. The third-order valence-corrected chi connectivity index (χ3v) is 5.96. The van der Waals surface area contributed by atoms with Gasteiger partial charge in [0.2, 0.25) is 11.8 Å². The number of carboxylic acid groups (broad SMARTS) is 1. The lowest BCUT2D eigenvalue weighted by Crippen LogP contribution is -2.52. The monoisotopic (exact) mass is 741 g/mol. The third-order valence-electron chi connectivity index (χ3n) is 5.96. The number of nitrogens with two attached hydrogens (primary N) is 1. The summed E-state index contributed by atoms with van der Waals surface area (Å²) in [5, 5.41) is 22.6. The highest BCUT2D eigenvalue weighted by Crippen LogP contribution is 2.15. The van der Waals surface area contributed by atoms with Gasteiger partial charge in [0, 0.05) is 13.1 Å². The number of allylic oxidation sites excluding steroid dienone is 1. The van der Waals surface area contributed by atoms with Crippen molar-refractivity contribution < 1.29 is 69.8 Å². The summed E-state index contributed by atoms with van der Waals surface area (Å²) in [6, 6.07) is -1.48. The smallest absolute Gasteiger partial charge is 0.471 e. The van der Waals surface area contributed by atoms with Crippen LogP contribution < -0.4 is 43.0 Å². The Bertz CT molecular complexity index is 1520. The van der Waals surface area contributed by atoms with Gasteiger partial charge < -0.3 is 42.7 Å². The number of amides is 7. The van der Waals surface area contributed by atoms with Crippen molar-refractivity contribution in [3.05, 3.63) is 35.3 Å². The van der Waals surface area contributed by atoms with E-state index in [1.54, 1.807) is 5.32 Å². The van der Waals surface area contributed by atoms with Crippen molar-refractivity contribution in [1.29, 1.82) is 0 Å². The van der Waals surface area contributed by atoms with Crippen molar-refractivity contribution in [3.63, 3.8) is 0 Å². The Kier molecular flexibility index (Phi) is 16.3. The standard InChI is InChI=1S/C27H33F6N9O9/c1-12(2)18-22(49)40-13(7-5-9-36-25(34)42-24(51)27(31,32)33)19(46)37-11-16(43)38-15(10-17(44)45)21(48)39-14(20(47)41-18)6-3-4-8-35-23(50)26(28,29)30/h6-7,10,12,18H,3-5,8-9,11H2,1-2H3,(H,35,50)(H,37,46)(H,38,43)(H,39,48)(H,40,49)(H,41,47)(H,44,45)(H3,34,36,42,51)/b13-7-,14-6-,15-10+/t18-/m1/s1. The van der Waals surface area contributed by atoms with Gasteiger partial charge in [-0.05, 0) is 25.2 Å². The highest BCUT2D eigenvalue weighted by Gasteiger charge is 2.39. The molecule has 18 nitrogen and oxygen atoms in total. The quantitative estimate of drug-likeness (QED) is 0.0420. The zero-order valence-electron chi connectivity index (χ0n) is 26.6. The van der Waals surface area contributed by atoms with Crippen LogP contribution in [0, 0.1) is 5.92 Å². The molecule has 0 aromatic heterocycles. The maximum absolute atomic E-state index is 13.3. The minimum Gasteiger partial charge on any atom is -0.478 e. The molecule has 1 aliphatic heterocycles. The molecule has 1 atom stereocenters. The van der Waals surface area contributed by atoms with E-state index in [1.807, 2.05) is 10.6 Å². The molecule has 1 rings (SSSR count). The molecule has 10 N–H and O–H groups in total. The molecule has 7 amide bonds. The van der Waals surface area contributed by atoms with Crippen LogP contribution in [0.15, 0.2) is 40.3 Å². The predicted octanol–water partition coefficient (Wildman–Crippen LogP) is -1.82. The van der Waals surface area contributed by atoms with E-state index in [2.05, 4.69) is 20.9 Å². The minimum absolute atomic E-state index is 0.205. The number of hydrogen-bond donors (Lipinski definition) is 9. The molecule has 1 saturated heterocycles. The molecule has 282 valence electrons. The van der Waals surface area contributed by atoms with E-state index in [0.29, 0.717) is 0 Å². The molecular formula is C27H33F6N9O9. The number of aliphatic carboxylic acids is 1. The lowest BCUT2D eigenvalue weighted by molar-refractivity contribution is -0.173. The van der Waals surface area contributed by atoms with Gasteiger partial charge >= 0.3 is 30.1 Å². The number of unbranched alkanes of at least 4 members (excludes halogenated alkanes) is 1. The van der Waals surface area contributed by atoms with E-state index < -0.39 is 114 Å². The average molecular weight is 742 g/mol. The maximum atomic E-state index is 13.3. The first-order chi connectivity index (χ1) is 23.5. The summed E-state index contributed by atoms with van der Waals surface area (Å²) >= 11 is 0. The molecule has 0 saturated carbocycles. The van der Waals surface area contributed by atoms with Gasteiger partial charge in [0.1, 0.15) is 23.1 Å². The number of alkyl halides is 6. The zero-order chi connectivity index (χ0) is 39.1. The van der Waals surface area contributed by atoms with Crippen LogP contribution in [0.4, 0.5) is 26.3 Å². The number of hydrogen-bond acceptors (Lipinski definition) is 9. The molecule has 0 aliphatic carbocycles.